The van der Waals surface area contributed by atoms with Crippen LogP contribution in [-0.4, -0.2) is 50.4 Å². The zero-order valence-corrected chi connectivity index (χ0v) is 13.1. The molecule has 0 radical (unpaired) electrons. The van der Waals surface area contributed by atoms with Gasteiger partial charge in [-0.05, 0) is 18.2 Å². The molecular weight excluding hydrogens is 314 g/mol. The number of nitrogens with zero attached hydrogens (tertiary/aromatic N) is 1. The third-order valence-electron chi connectivity index (χ3n) is 3.38. The van der Waals surface area contributed by atoms with Gasteiger partial charge in [-0.2, -0.15) is 0 Å². The van der Waals surface area contributed by atoms with Crippen LogP contribution in [0.3, 0.4) is 0 Å². The fourth-order valence-electron chi connectivity index (χ4n) is 2.09. The number of benzene rings is 1. The number of amides is 1. The summed E-state index contributed by atoms with van der Waals surface area (Å²) < 4.78 is 22.6. The molecule has 0 aromatic heterocycles. The lowest BCUT2D eigenvalue weighted by atomic mass is 10.2. The van der Waals surface area contributed by atoms with E-state index in [4.69, 9.17) is 17.3 Å². The summed E-state index contributed by atoms with van der Waals surface area (Å²) in [5.41, 5.74) is 6.71. The molecule has 0 atom stereocenters. The van der Waals surface area contributed by atoms with Crippen molar-refractivity contribution in [3.8, 4) is 0 Å². The standard InChI is InChI=1S/C13H18ClN3O3S/c14-10-1-2-12(11(15)9-10)16-13(18)3-4-17-5-7-21(19,20)8-6-17/h1-2,9H,3-8,15H2,(H,16,18). The first-order valence-electron chi connectivity index (χ1n) is 6.63. The number of carbonyl (C=O) groups is 1. The van der Waals surface area contributed by atoms with Crippen molar-refractivity contribution in [3.05, 3.63) is 23.2 Å². The van der Waals surface area contributed by atoms with Gasteiger partial charge in [0.2, 0.25) is 5.91 Å². The number of nitrogens with two attached hydrogens (primary N) is 1. The summed E-state index contributed by atoms with van der Waals surface area (Å²) in [6.07, 6.45) is 0.294. The molecule has 2 rings (SSSR count). The van der Waals surface area contributed by atoms with Gasteiger partial charge < -0.3 is 16.0 Å². The van der Waals surface area contributed by atoms with E-state index >= 15 is 0 Å². The number of hydrogen-bond donors (Lipinski definition) is 2. The maximum absolute atomic E-state index is 11.9. The summed E-state index contributed by atoms with van der Waals surface area (Å²) in [6.45, 7) is 1.51. The second-order valence-electron chi connectivity index (χ2n) is 5.02. The van der Waals surface area contributed by atoms with Crippen LogP contribution in [0.15, 0.2) is 18.2 Å². The maximum Gasteiger partial charge on any atom is 0.225 e. The molecule has 0 aliphatic carbocycles. The highest BCUT2D eigenvalue weighted by Gasteiger charge is 2.21. The normalized spacial score (nSPS) is 18.3. The lowest BCUT2D eigenvalue weighted by Crippen LogP contribution is -2.41. The Kier molecular flexibility index (Phi) is 5.08. The third-order valence-corrected chi connectivity index (χ3v) is 5.22. The number of carbonyl (C=O) groups excluding carboxylic acids is 1. The Hall–Kier alpha value is -1.31. The van der Waals surface area contributed by atoms with Gasteiger partial charge in [-0.3, -0.25) is 4.79 Å². The SMILES string of the molecule is Nc1cc(Cl)ccc1NC(=O)CCN1CCS(=O)(=O)CC1. The van der Waals surface area contributed by atoms with Gasteiger partial charge in [0, 0.05) is 31.1 Å². The zero-order chi connectivity index (χ0) is 15.5. The molecular formula is C13H18ClN3O3S. The Morgan fingerprint density at radius 3 is 2.62 bits per heavy atom. The molecule has 1 saturated heterocycles. The van der Waals surface area contributed by atoms with E-state index in [-0.39, 0.29) is 17.4 Å². The van der Waals surface area contributed by atoms with E-state index in [1.54, 1.807) is 18.2 Å². The van der Waals surface area contributed by atoms with Gasteiger partial charge >= 0.3 is 0 Å². The van der Waals surface area contributed by atoms with Crippen LogP contribution in [0.25, 0.3) is 0 Å². The molecule has 0 bridgehead atoms. The number of hydrogen-bond acceptors (Lipinski definition) is 5. The van der Waals surface area contributed by atoms with Crippen LogP contribution in [0.4, 0.5) is 11.4 Å². The Balaban J connectivity index is 1.80. The second kappa shape index (κ2) is 6.64. The summed E-state index contributed by atoms with van der Waals surface area (Å²) >= 11 is 5.79. The van der Waals surface area contributed by atoms with Crippen molar-refractivity contribution in [2.75, 3.05) is 42.2 Å². The molecule has 1 aliphatic rings. The molecule has 8 heteroatoms. The third kappa shape index (κ3) is 4.87. The maximum atomic E-state index is 11.9. The number of rotatable bonds is 4. The van der Waals surface area contributed by atoms with Crippen LogP contribution < -0.4 is 11.1 Å². The fraction of sp³-hybridized carbons (Fsp3) is 0.462. The smallest absolute Gasteiger partial charge is 0.225 e. The van der Waals surface area contributed by atoms with Crippen molar-refractivity contribution in [1.29, 1.82) is 0 Å². The first kappa shape index (κ1) is 16.1. The molecule has 21 heavy (non-hydrogen) atoms. The summed E-state index contributed by atoms with van der Waals surface area (Å²) in [5.74, 6) is 0.176. The van der Waals surface area contributed by atoms with Gasteiger partial charge in [0.25, 0.3) is 0 Å². The lowest BCUT2D eigenvalue weighted by Gasteiger charge is -2.26. The fourth-order valence-corrected chi connectivity index (χ4v) is 3.55. The van der Waals surface area contributed by atoms with E-state index in [0.29, 0.717) is 42.5 Å². The number of halogens is 1. The van der Waals surface area contributed by atoms with Crippen molar-refractivity contribution in [3.63, 3.8) is 0 Å². The quantitative estimate of drug-likeness (QED) is 0.802. The van der Waals surface area contributed by atoms with E-state index in [9.17, 15) is 13.2 Å². The van der Waals surface area contributed by atoms with Crippen molar-refractivity contribution in [1.82, 2.24) is 4.90 Å². The van der Waals surface area contributed by atoms with Crippen LogP contribution in [0.5, 0.6) is 0 Å². The Morgan fingerprint density at radius 1 is 1.33 bits per heavy atom. The molecule has 0 unspecified atom stereocenters. The van der Waals surface area contributed by atoms with Crippen LogP contribution >= 0.6 is 11.6 Å². The van der Waals surface area contributed by atoms with Crippen molar-refractivity contribution in [2.24, 2.45) is 0 Å². The topological polar surface area (TPSA) is 92.5 Å². The molecule has 1 amide bonds. The lowest BCUT2D eigenvalue weighted by molar-refractivity contribution is -0.116. The van der Waals surface area contributed by atoms with E-state index < -0.39 is 9.84 Å². The van der Waals surface area contributed by atoms with Crippen LogP contribution in [0.2, 0.25) is 5.02 Å². The van der Waals surface area contributed by atoms with Gasteiger partial charge in [-0.25, -0.2) is 8.42 Å². The van der Waals surface area contributed by atoms with Gasteiger partial charge in [0.1, 0.15) is 0 Å². The van der Waals surface area contributed by atoms with Crippen molar-refractivity contribution >= 4 is 38.7 Å². The Labute approximate surface area is 129 Å². The Bertz CT molecular complexity index is 620. The molecule has 6 nitrogen and oxygen atoms in total. The van der Waals surface area contributed by atoms with E-state index in [1.165, 1.54) is 0 Å². The summed E-state index contributed by atoms with van der Waals surface area (Å²) in [4.78, 5) is 13.9. The molecule has 0 spiro atoms. The monoisotopic (exact) mass is 331 g/mol. The number of nitrogens with one attached hydrogen (secondary N) is 1. The molecule has 1 aromatic carbocycles. The van der Waals surface area contributed by atoms with Gasteiger partial charge in [-0.1, -0.05) is 11.6 Å². The average molecular weight is 332 g/mol. The highest BCUT2D eigenvalue weighted by atomic mass is 35.5. The number of anilines is 2. The molecule has 1 fully saturated rings. The molecule has 3 N–H and O–H groups in total. The van der Waals surface area contributed by atoms with Gasteiger partial charge in [0.05, 0.1) is 22.9 Å². The predicted octanol–water partition coefficient (Wildman–Crippen LogP) is 0.981. The van der Waals surface area contributed by atoms with Crippen molar-refractivity contribution in [2.45, 2.75) is 6.42 Å². The van der Waals surface area contributed by atoms with E-state index in [1.807, 2.05) is 4.90 Å². The summed E-state index contributed by atoms with van der Waals surface area (Å²) in [7, 11) is -2.88. The van der Waals surface area contributed by atoms with Crippen LogP contribution in [0, 0.1) is 0 Å². The highest BCUT2D eigenvalue weighted by molar-refractivity contribution is 7.91. The minimum atomic E-state index is -2.88. The summed E-state index contributed by atoms with van der Waals surface area (Å²) in [5, 5.41) is 3.24. The molecule has 0 saturated carbocycles. The number of nitrogen functional groups attached to an aromatic ring is 1. The van der Waals surface area contributed by atoms with Crippen molar-refractivity contribution < 1.29 is 13.2 Å². The van der Waals surface area contributed by atoms with Gasteiger partial charge in [-0.15, -0.1) is 0 Å². The van der Waals surface area contributed by atoms with E-state index in [0.717, 1.165) is 0 Å². The first-order chi connectivity index (χ1) is 9.85. The first-order valence-corrected chi connectivity index (χ1v) is 8.83. The average Bonchev–Trinajstić information content (AvgIpc) is 2.41. The highest BCUT2D eigenvalue weighted by Crippen LogP contribution is 2.22. The van der Waals surface area contributed by atoms with Crippen LogP contribution in [-0.2, 0) is 14.6 Å². The van der Waals surface area contributed by atoms with Crippen LogP contribution in [0.1, 0.15) is 6.42 Å². The molecule has 116 valence electrons. The number of sulfone groups is 1. The molecule has 1 aliphatic heterocycles. The molecule has 1 aromatic rings. The molecule has 1 heterocycles. The summed E-state index contributed by atoms with van der Waals surface area (Å²) in [6, 6.07) is 4.89. The second-order valence-corrected chi connectivity index (χ2v) is 7.76. The zero-order valence-electron chi connectivity index (χ0n) is 11.5. The largest absolute Gasteiger partial charge is 0.397 e. The minimum Gasteiger partial charge on any atom is -0.397 e. The predicted molar refractivity (Wildman–Crippen MR) is 84.2 cm³/mol. The van der Waals surface area contributed by atoms with Gasteiger partial charge in [0.15, 0.2) is 9.84 Å². The Morgan fingerprint density at radius 2 is 2.00 bits per heavy atom. The minimum absolute atomic E-state index is 0.155. The van der Waals surface area contributed by atoms with E-state index in [2.05, 4.69) is 5.32 Å².